The van der Waals surface area contributed by atoms with Crippen molar-refractivity contribution in [3.8, 4) is 11.5 Å². The molecular formula is C19H21N3O4S. The van der Waals surface area contributed by atoms with E-state index in [-0.39, 0.29) is 17.9 Å². The van der Waals surface area contributed by atoms with Gasteiger partial charge in [-0.2, -0.15) is 0 Å². The highest BCUT2D eigenvalue weighted by Crippen LogP contribution is 2.38. The van der Waals surface area contributed by atoms with Crippen LogP contribution >= 0.6 is 11.8 Å². The lowest BCUT2D eigenvalue weighted by atomic mass is 9.86. The molecule has 2 heterocycles. The Kier molecular flexibility index (Phi) is 5.85. The lowest BCUT2D eigenvalue weighted by Gasteiger charge is -2.25. The van der Waals surface area contributed by atoms with E-state index in [0.29, 0.717) is 40.4 Å². The summed E-state index contributed by atoms with van der Waals surface area (Å²) in [5.74, 6) is 1.50. The van der Waals surface area contributed by atoms with E-state index < -0.39 is 5.92 Å². The molecule has 27 heavy (non-hydrogen) atoms. The number of ether oxygens (including phenoxy) is 2. The normalized spacial score (nSPS) is 15.6. The van der Waals surface area contributed by atoms with E-state index in [1.54, 1.807) is 19.3 Å². The fourth-order valence-electron chi connectivity index (χ4n) is 3.02. The van der Waals surface area contributed by atoms with E-state index in [2.05, 4.69) is 21.9 Å². The minimum Gasteiger partial charge on any atom is -0.493 e. The summed E-state index contributed by atoms with van der Waals surface area (Å²) in [5.41, 5.74) is 0.990. The number of hydrogen-bond donors (Lipinski definition) is 2. The second kappa shape index (κ2) is 8.30. The first-order chi connectivity index (χ1) is 13.1. The average molecular weight is 387 g/mol. The monoisotopic (exact) mass is 387 g/mol. The Morgan fingerprint density at radius 3 is 2.89 bits per heavy atom. The van der Waals surface area contributed by atoms with Crippen LogP contribution in [0.25, 0.3) is 0 Å². The number of hydrogen-bond acceptors (Lipinski definition) is 6. The number of thioether (sulfide) groups is 1. The topological polar surface area (TPSA) is 93.3 Å². The van der Waals surface area contributed by atoms with Crippen LogP contribution in [-0.4, -0.2) is 35.3 Å². The first-order valence-corrected chi connectivity index (χ1v) is 9.54. The van der Waals surface area contributed by atoms with E-state index in [4.69, 9.17) is 9.47 Å². The van der Waals surface area contributed by atoms with Crippen molar-refractivity contribution in [1.29, 1.82) is 0 Å². The molecule has 1 aromatic heterocycles. The van der Waals surface area contributed by atoms with Gasteiger partial charge in [0.2, 0.25) is 5.91 Å². The van der Waals surface area contributed by atoms with E-state index in [9.17, 15) is 9.59 Å². The summed E-state index contributed by atoms with van der Waals surface area (Å²) < 4.78 is 10.9. The largest absolute Gasteiger partial charge is 0.493 e. The van der Waals surface area contributed by atoms with Gasteiger partial charge in [0.1, 0.15) is 5.82 Å². The summed E-state index contributed by atoms with van der Waals surface area (Å²) in [5, 5.41) is 3.16. The van der Waals surface area contributed by atoms with Gasteiger partial charge < -0.3 is 19.8 Å². The minimum absolute atomic E-state index is 0.162. The predicted octanol–water partition coefficient (Wildman–Crippen LogP) is 2.93. The molecule has 0 fully saturated rings. The lowest BCUT2D eigenvalue weighted by molar-refractivity contribution is -0.116. The van der Waals surface area contributed by atoms with Gasteiger partial charge in [0.25, 0.3) is 5.56 Å². The first-order valence-electron chi connectivity index (χ1n) is 8.55. The van der Waals surface area contributed by atoms with Gasteiger partial charge in [0.15, 0.2) is 16.7 Å². The Morgan fingerprint density at radius 1 is 1.37 bits per heavy atom. The number of anilines is 1. The Balaban J connectivity index is 2.06. The number of amides is 1. The van der Waals surface area contributed by atoms with Crippen molar-refractivity contribution in [1.82, 2.24) is 9.97 Å². The number of aromatic nitrogens is 2. The maximum atomic E-state index is 12.7. The molecule has 142 valence electrons. The molecule has 2 aromatic rings. The molecule has 3 rings (SSSR count). The van der Waals surface area contributed by atoms with Crippen LogP contribution in [0.4, 0.5) is 5.82 Å². The predicted molar refractivity (Wildman–Crippen MR) is 105 cm³/mol. The number of H-pyrrole nitrogens is 1. The number of benzene rings is 1. The Hall–Kier alpha value is -2.74. The second-order valence-corrected chi connectivity index (χ2v) is 6.89. The third kappa shape index (κ3) is 4.00. The summed E-state index contributed by atoms with van der Waals surface area (Å²) >= 11 is 1.35. The molecule has 7 nitrogen and oxygen atoms in total. The van der Waals surface area contributed by atoms with Gasteiger partial charge in [-0.25, -0.2) is 4.98 Å². The molecule has 0 spiro atoms. The average Bonchev–Trinajstić information content (AvgIpc) is 2.65. The fraction of sp³-hybridized carbons (Fsp3) is 0.316. The summed E-state index contributed by atoms with van der Waals surface area (Å²) in [7, 11) is 1.57. The molecule has 0 saturated carbocycles. The molecule has 1 aliphatic heterocycles. The van der Waals surface area contributed by atoms with Crippen molar-refractivity contribution in [3.05, 3.63) is 52.3 Å². The van der Waals surface area contributed by atoms with Crippen LogP contribution in [0.5, 0.6) is 11.5 Å². The lowest BCUT2D eigenvalue weighted by Crippen LogP contribution is -2.31. The summed E-state index contributed by atoms with van der Waals surface area (Å²) in [6.45, 7) is 6.02. The fourth-order valence-corrected chi connectivity index (χ4v) is 3.62. The molecule has 0 radical (unpaired) electrons. The molecule has 8 heteroatoms. The molecule has 2 N–H and O–H groups in total. The van der Waals surface area contributed by atoms with Gasteiger partial charge >= 0.3 is 0 Å². The number of rotatable bonds is 7. The molecule has 0 aliphatic carbocycles. The van der Waals surface area contributed by atoms with Gasteiger partial charge in [-0.05, 0) is 24.6 Å². The van der Waals surface area contributed by atoms with Crippen molar-refractivity contribution in [2.75, 3.05) is 24.8 Å². The number of carbonyl (C=O) groups is 1. The Bertz CT molecular complexity index is 926. The zero-order valence-corrected chi connectivity index (χ0v) is 16.0. The second-order valence-electron chi connectivity index (χ2n) is 5.88. The Morgan fingerprint density at radius 2 is 2.19 bits per heavy atom. The highest BCUT2D eigenvalue weighted by atomic mass is 32.2. The van der Waals surface area contributed by atoms with Crippen molar-refractivity contribution in [3.63, 3.8) is 0 Å². The van der Waals surface area contributed by atoms with Crippen molar-refractivity contribution >= 4 is 23.5 Å². The van der Waals surface area contributed by atoms with Crippen LogP contribution in [0, 0.1) is 0 Å². The highest BCUT2D eigenvalue weighted by Gasteiger charge is 2.31. The van der Waals surface area contributed by atoms with Crippen molar-refractivity contribution < 1.29 is 14.3 Å². The molecular weight excluding hydrogens is 366 g/mol. The standard InChI is InChI=1S/C19H21N3O4S/c1-4-8-27-19-21-17-16(18(24)22-19)12(10-15(23)20-17)11-6-7-13(25-3)14(9-11)26-5-2/h4,6-7,9,12H,1,5,8,10H2,2-3H3,(H2,20,21,22,23,24). The zero-order chi connectivity index (χ0) is 19.4. The van der Waals surface area contributed by atoms with Gasteiger partial charge in [-0.15, -0.1) is 6.58 Å². The van der Waals surface area contributed by atoms with Crippen LogP contribution in [-0.2, 0) is 4.79 Å². The molecule has 1 aromatic carbocycles. The van der Waals surface area contributed by atoms with Crippen LogP contribution < -0.4 is 20.3 Å². The van der Waals surface area contributed by atoms with Crippen molar-refractivity contribution in [2.45, 2.75) is 24.4 Å². The molecule has 0 saturated heterocycles. The molecule has 0 bridgehead atoms. The molecule has 1 unspecified atom stereocenters. The zero-order valence-electron chi connectivity index (χ0n) is 15.2. The Labute approximate surface area is 161 Å². The smallest absolute Gasteiger partial charge is 0.257 e. The molecule has 1 aliphatic rings. The number of methoxy groups -OCH3 is 1. The highest BCUT2D eigenvalue weighted by molar-refractivity contribution is 7.99. The van der Waals surface area contributed by atoms with E-state index >= 15 is 0 Å². The quantitative estimate of drug-likeness (QED) is 0.431. The third-order valence-corrected chi connectivity index (χ3v) is 5.03. The van der Waals surface area contributed by atoms with Gasteiger partial charge in [0, 0.05) is 18.1 Å². The number of nitrogens with one attached hydrogen (secondary N) is 2. The van der Waals surface area contributed by atoms with Gasteiger partial charge in [-0.1, -0.05) is 23.9 Å². The van der Waals surface area contributed by atoms with Crippen LogP contribution in [0.3, 0.4) is 0 Å². The SMILES string of the molecule is C=CCSc1nc2c(c(=O)[nH]1)C(c1ccc(OC)c(OCC)c1)CC(=O)N2. The minimum atomic E-state index is -0.409. The van der Waals surface area contributed by atoms with Crippen LogP contribution in [0.2, 0.25) is 0 Å². The van der Waals surface area contributed by atoms with E-state index in [0.717, 1.165) is 5.56 Å². The molecule has 1 atom stereocenters. The summed E-state index contributed by atoms with van der Waals surface area (Å²) in [6.07, 6.45) is 1.88. The van der Waals surface area contributed by atoms with Gasteiger partial charge in [-0.3, -0.25) is 9.59 Å². The van der Waals surface area contributed by atoms with Crippen molar-refractivity contribution in [2.24, 2.45) is 0 Å². The van der Waals surface area contributed by atoms with Crippen LogP contribution in [0.15, 0.2) is 40.8 Å². The third-order valence-electron chi connectivity index (χ3n) is 4.16. The summed E-state index contributed by atoms with van der Waals surface area (Å²) in [6, 6.07) is 5.44. The number of nitrogens with zero attached hydrogens (tertiary/aromatic N) is 1. The maximum Gasteiger partial charge on any atom is 0.257 e. The van der Waals surface area contributed by atoms with E-state index in [1.165, 1.54) is 11.8 Å². The van der Waals surface area contributed by atoms with Crippen LogP contribution in [0.1, 0.15) is 30.4 Å². The summed E-state index contributed by atoms with van der Waals surface area (Å²) in [4.78, 5) is 32.2. The molecule has 1 amide bonds. The van der Waals surface area contributed by atoms with E-state index in [1.807, 2.05) is 19.1 Å². The maximum absolute atomic E-state index is 12.7. The first kappa shape index (κ1) is 19.0. The number of aromatic amines is 1. The number of carbonyl (C=O) groups excluding carboxylic acids is 1. The number of fused-ring (bicyclic) bond motifs is 1. The van der Waals surface area contributed by atoms with Gasteiger partial charge in [0.05, 0.1) is 19.3 Å².